The Balaban J connectivity index is 1.86. The average Bonchev–Trinajstić information content (AvgIpc) is 3.31. The summed E-state index contributed by atoms with van der Waals surface area (Å²) < 4.78 is 51.6. The van der Waals surface area contributed by atoms with E-state index in [4.69, 9.17) is 9.47 Å². The Kier molecular flexibility index (Phi) is 8.10. The number of carbonyl (C=O) groups excluding carboxylic acids is 1. The number of hydrogen-bond acceptors (Lipinski definition) is 6. The van der Waals surface area contributed by atoms with Crippen molar-refractivity contribution in [1.82, 2.24) is 5.32 Å². The molecule has 0 radical (unpaired) electrons. The molecule has 1 atom stereocenters. The fourth-order valence-corrected chi connectivity index (χ4v) is 6.14. The molecule has 0 fully saturated rings. The second kappa shape index (κ2) is 10.8. The van der Waals surface area contributed by atoms with Gasteiger partial charge >= 0.3 is 0 Å². The van der Waals surface area contributed by atoms with Crippen molar-refractivity contribution in [2.24, 2.45) is 0 Å². The van der Waals surface area contributed by atoms with E-state index >= 15 is 0 Å². The summed E-state index contributed by atoms with van der Waals surface area (Å²) in [5.74, 6) is 0.0550. The van der Waals surface area contributed by atoms with Crippen molar-refractivity contribution in [3.05, 3.63) is 75.7 Å². The minimum Gasteiger partial charge on any atom is -0.490 e. The van der Waals surface area contributed by atoms with Gasteiger partial charge in [0.2, 0.25) is 0 Å². The number of rotatable bonds is 10. The quantitative estimate of drug-likeness (QED) is 0.407. The zero-order chi connectivity index (χ0) is 24.0. The Morgan fingerprint density at radius 1 is 1.06 bits per heavy atom. The molecule has 9 heteroatoms. The topological polar surface area (TPSA) is 81.7 Å². The highest BCUT2D eigenvalue weighted by Crippen LogP contribution is 2.33. The lowest BCUT2D eigenvalue weighted by Gasteiger charge is -2.18. The van der Waals surface area contributed by atoms with Crippen molar-refractivity contribution in [2.75, 3.05) is 19.8 Å². The molecule has 0 spiro atoms. The summed E-state index contributed by atoms with van der Waals surface area (Å²) >= 11 is 1.28. The molecule has 0 aliphatic heterocycles. The molecule has 1 heterocycles. The van der Waals surface area contributed by atoms with E-state index in [1.165, 1.54) is 30.4 Å². The number of amides is 1. The van der Waals surface area contributed by atoms with Gasteiger partial charge in [-0.15, -0.1) is 11.3 Å². The Bertz CT molecular complexity index is 1210. The number of sulfone groups is 1. The van der Waals surface area contributed by atoms with Gasteiger partial charge in [0.05, 0.1) is 18.1 Å². The molecule has 1 aromatic heterocycles. The summed E-state index contributed by atoms with van der Waals surface area (Å²) in [6.07, 6.45) is 0. The van der Waals surface area contributed by atoms with E-state index in [9.17, 15) is 17.6 Å². The first-order valence-electron chi connectivity index (χ1n) is 10.5. The van der Waals surface area contributed by atoms with Gasteiger partial charge < -0.3 is 14.8 Å². The van der Waals surface area contributed by atoms with Gasteiger partial charge in [0.15, 0.2) is 21.3 Å². The van der Waals surface area contributed by atoms with E-state index < -0.39 is 26.8 Å². The molecule has 0 aliphatic carbocycles. The number of thiophene rings is 1. The van der Waals surface area contributed by atoms with Gasteiger partial charge in [-0.3, -0.25) is 4.79 Å². The Labute approximate surface area is 197 Å². The van der Waals surface area contributed by atoms with Gasteiger partial charge in [-0.2, -0.15) is 0 Å². The van der Waals surface area contributed by atoms with Crippen LogP contribution in [-0.4, -0.2) is 34.1 Å². The number of carbonyl (C=O) groups is 1. The maximum atomic E-state index is 13.7. The average molecular weight is 492 g/mol. The molecule has 0 aliphatic rings. The largest absolute Gasteiger partial charge is 0.490 e. The van der Waals surface area contributed by atoms with Gasteiger partial charge in [0.25, 0.3) is 5.91 Å². The van der Waals surface area contributed by atoms with Gasteiger partial charge in [0.1, 0.15) is 11.1 Å². The van der Waals surface area contributed by atoms with Crippen LogP contribution in [0.1, 0.15) is 39.9 Å². The molecule has 0 saturated carbocycles. The predicted octanol–water partition coefficient (Wildman–Crippen LogP) is 4.94. The highest BCUT2D eigenvalue weighted by Gasteiger charge is 2.31. The predicted molar refractivity (Wildman–Crippen MR) is 126 cm³/mol. The summed E-state index contributed by atoms with van der Waals surface area (Å²) in [5.41, 5.74) is 0.560. The van der Waals surface area contributed by atoms with Crippen LogP contribution in [0, 0.1) is 12.7 Å². The maximum absolute atomic E-state index is 13.7. The molecule has 3 rings (SSSR count). The van der Waals surface area contributed by atoms with Crippen molar-refractivity contribution >= 4 is 27.1 Å². The summed E-state index contributed by atoms with van der Waals surface area (Å²) in [4.78, 5) is 13.4. The number of benzene rings is 2. The van der Waals surface area contributed by atoms with Crippen molar-refractivity contribution in [3.8, 4) is 11.5 Å². The molecule has 0 unspecified atom stereocenters. The van der Waals surface area contributed by atoms with Crippen molar-refractivity contribution in [3.63, 3.8) is 0 Å². The zero-order valence-electron chi connectivity index (χ0n) is 18.6. The first kappa shape index (κ1) is 24.7. The molecule has 1 amide bonds. The minimum atomic E-state index is -3.89. The molecule has 3 aromatic rings. The van der Waals surface area contributed by atoms with E-state index in [2.05, 4.69) is 5.32 Å². The monoisotopic (exact) mass is 491 g/mol. The van der Waals surface area contributed by atoms with Crippen LogP contribution in [0.15, 0.2) is 58.8 Å². The highest BCUT2D eigenvalue weighted by atomic mass is 32.2. The van der Waals surface area contributed by atoms with E-state index in [0.29, 0.717) is 35.2 Å². The van der Waals surface area contributed by atoms with Crippen LogP contribution >= 0.6 is 11.3 Å². The Morgan fingerprint density at radius 2 is 1.79 bits per heavy atom. The maximum Gasteiger partial charge on any atom is 0.251 e. The summed E-state index contributed by atoms with van der Waals surface area (Å²) in [5, 5.41) is 3.49. The molecular weight excluding hydrogens is 465 g/mol. The van der Waals surface area contributed by atoms with Crippen LogP contribution in [-0.2, 0) is 9.84 Å². The van der Waals surface area contributed by atoms with Crippen molar-refractivity contribution in [1.29, 1.82) is 0 Å². The molecule has 0 saturated heterocycles. The molecule has 1 N–H and O–H groups in total. The van der Waals surface area contributed by atoms with Crippen LogP contribution in [0.25, 0.3) is 0 Å². The first-order chi connectivity index (χ1) is 15.8. The third-order valence-electron chi connectivity index (χ3n) is 4.95. The molecule has 176 valence electrons. The lowest BCUT2D eigenvalue weighted by atomic mass is 10.2. The second-order valence-corrected chi connectivity index (χ2v) is 10.3. The van der Waals surface area contributed by atoms with E-state index in [1.807, 2.05) is 13.8 Å². The number of hydrogen-bond donors (Lipinski definition) is 1. The van der Waals surface area contributed by atoms with Crippen LogP contribution in [0.4, 0.5) is 4.39 Å². The number of halogens is 1. The molecule has 2 aromatic carbocycles. The smallest absolute Gasteiger partial charge is 0.251 e. The molecule has 6 nitrogen and oxygen atoms in total. The van der Waals surface area contributed by atoms with Gasteiger partial charge in [-0.1, -0.05) is 6.07 Å². The SMILES string of the molecule is CCOc1ccc(C(=O)NC[C@@H](c2cccs2)S(=O)(=O)c2ccc(F)c(C)c2)cc1OCC. The number of nitrogens with one attached hydrogen (secondary N) is 1. The molecule has 33 heavy (non-hydrogen) atoms. The van der Waals surface area contributed by atoms with E-state index in [0.717, 1.165) is 6.07 Å². The third-order valence-corrected chi connectivity index (χ3v) is 8.16. The molecular formula is C24H26FNO5S2. The second-order valence-electron chi connectivity index (χ2n) is 7.20. The Morgan fingerprint density at radius 3 is 2.42 bits per heavy atom. The number of aryl methyl sites for hydroxylation is 1. The van der Waals surface area contributed by atoms with E-state index in [-0.39, 0.29) is 17.0 Å². The lowest BCUT2D eigenvalue weighted by Crippen LogP contribution is -2.31. The standard InChI is InChI=1S/C24H26FNO5S2/c1-4-30-20-11-8-17(14-21(20)31-5-2)24(27)26-15-23(22-7-6-12-32-22)33(28,29)18-9-10-19(25)16(3)13-18/h6-14,23H,4-5,15H2,1-3H3,(H,26,27)/t23-/m0/s1. The zero-order valence-corrected chi connectivity index (χ0v) is 20.3. The third kappa shape index (κ3) is 5.72. The van der Waals surface area contributed by atoms with Gasteiger partial charge in [0, 0.05) is 17.0 Å². The first-order valence-corrected chi connectivity index (χ1v) is 12.9. The van der Waals surface area contributed by atoms with Crippen LogP contribution in [0.2, 0.25) is 0 Å². The van der Waals surface area contributed by atoms with E-state index in [1.54, 1.807) is 35.7 Å². The summed E-state index contributed by atoms with van der Waals surface area (Å²) in [6.45, 7) is 5.91. The lowest BCUT2D eigenvalue weighted by molar-refractivity contribution is 0.0953. The van der Waals surface area contributed by atoms with Crippen LogP contribution < -0.4 is 14.8 Å². The van der Waals surface area contributed by atoms with Gasteiger partial charge in [-0.05, 0) is 74.2 Å². The molecule has 0 bridgehead atoms. The van der Waals surface area contributed by atoms with Crippen LogP contribution in [0.5, 0.6) is 11.5 Å². The fourth-order valence-electron chi connectivity index (χ4n) is 3.28. The minimum absolute atomic E-state index is 0.00810. The van der Waals surface area contributed by atoms with Crippen LogP contribution in [0.3, 0.4) is 0 Å². The normalized spacial score (nSPS) is 12.2. The Hall–Kier alpha value is -2.91. The van der Waals surface area contributed by atoms with Crippen molar-refractivity contribution < 1.29 is 27.1 Å². The summed E-state index contributed by atoms with van der Waals surface area (Å²) in [6, 6.07) is 12.0. The van der Waals surface area contributed by atoms with Gasteiger partial charge in [-0.25, -0.2) is 12.8 Å². The highest BCUT2D eigenvalue weighted by molar-refractivity contribution is 7.91. The number of ether oxygens (including phenoxy) is 2. The van der Waals surface area contributed by atoms with Crippen molar-refractivity contribution in [2.45, 2.75) is 30.9 Å². The fraction of sp³-hybridized carbons (Fsp3) is 0.292. The summed E-state index contributed by atoms with van der Waals surface area (Å²) in [7, 11) is -3.89.